The van der Waals surface area contributed by atoms with Gasteiger partial charge in [0.1, 0.15) is 0 Å². The zero-order chi connectivity index (χ0) is 15.5. The molecule has 0 aromatic heterocycles. The highest BCUT2D eigenvalue weighted by molar-refractivity contribution is 7.89. The Morgan fingerprint density at radius 3 is 2.55 bits per heavy atom. The minimum Gasteiger partial charge on any atom is -0.395 e. The third kappa shape index (κ3) is 3.66. The normalized spacial score (nSPS) is 13.2. The van der Waals surface area contributed by atoms with Gasteiger partial charge in [-0.05, 0) is 19.4 Å². The van der Waals surface area contributed by atoms with Gasteiger partial charge in [0.15, 0.2) is 0 Å². The van der Waals surface area contributed by atoms with Gasteiger partial charge >= 0.3 is 0 Å². The minimum absolute atomic E-state index is 0.00313. The van der Waals surface area contributed by atoms with E-state index in [0.29, 0.717) is 6.42 Å². The molecule has 0 heterocycles. The van der Waals surface area contributed by atoms with Crippen LogP contribution in [-0.4, -0.2) is 31.1 Å². The van der Waals surface area contributed by atoms with E-state index >= 15 is 0 Å². The van der Waals surface area contributed by atoms with E-state index < -0.39 is 21.0 Å². The molecule has 7 nitrogen and oxygen atoms in total. The van der Waals surface area contributed by atoms with Crippen molar-refractivity contribution in [3.63, 3.8) is 0 Å². The Hall–Kier alpha value is -1.22. The van der Waals surface area contributed by atoms with Gasteiger partial charge in [-0.15, -0.1) is 0 Å². The van der Waals surface area contributed by atoms with Gasteiger partial charge in [-0.2, -0.15) is 0 Å². The van der Waals surface area contributed by atoms with Crippen molar-refractivity contribution < 1.29 is 18.4 Å². The van der Waals surface area contributed by atoms with Gasteiger partial charge in [0.2, 0.25) is 10.0 Å². The molecule has 0 radical (unpaired) electrons. The maximum Gasteiger partial charge on any atom is 0.275 e. The quantitative estimate of drug-likeness (QED) is 0.610. The smallest absolute Gasteiger partial charge is 0.275 e. The lowest BCUT2D eigenvalue weighted by Gasteiger charge is -2.14. The van der Waals surface area contributed by atoms with E-state index in [4.69, 9.17) is 16.7 Å². The van der Waals surface area contributed by atoms with Crippen LogP contribution >= 0.6 is 11.6 Å². The molecule has 0 fully saturated rings. The molecule has 1 atom stereocenters. The SMILES string of the molecule is CC[C@@H](CO)NS(=O)(=O)c1cc(Cl)c(C)c([N+](=O)[O-])c1. The predicted molar refractivity (Wildman–Crippen MR) is 74.3 cm³/mol. The first kappa shape index (κ1) is 16.8. The molecule has 1 rings (SSSR count). The average molecular weight is 323 g/mol. The summed E-state index contributed by atoms with van der Waals surface area (Å²) in [6.45, 7) is 2.78. The summed E-state index contributed by atoms with van der Waals surface area (Å²) in [6, 6.07) is 1.45. The monoisotopic (exact) mass is 322 g/mol. The van der Waals surface area contributed by atoms with Gasteiger partial charge in [-0.3, -0.25) is 10.1 Å². The summed E-state index contributed by atoms with van der Waals surface area (Å²) < 4.78 is 26.5. The van der Waals surface area contributed by atoms with Crippen molar-refractivity contribution in [2.45, 2.75) is 31.2 Å². The molecule has 1 aromatic carbocycles. The molecule has 0 aliphatic carbocycles. The Labute approximate surface area is 121 Å². The number of hydrogen-bond donors (Lipinski definition) is 2. The maximum atomic E-state index is 12.1. The molecule has 0 aliphatic rings. The molecule has 0 amide bonds. The summed E-state index contributed by atoms with van der Waals surface area (Å²) in [5.74, 6) is 0. The van der Waals surface area contributed by atoms with Crippen molar-refractivity contribution in [2.24, 2.45) is 0 Å². The highest BCUT2D eigenvalue weighted by Crippen LogP contribution is 2.29. The summed E-state index contributed by atoms with van der Waals surface area (Å²) in [5.41, 5.74) is -0.167. The highest BCUT2D eigenvalue weighted by Gasteiger charge is 2.24. The van der Waals surface area contributed by atoms with Crippen LogP contribution in [0, 0.1) is 17.0 Å². The fourth-order valence-electron chi connectivity index (χ4n) is 1.52. The van der Waals surface area contributed by atoms with Crippen LogP contribution in [0.2, 0.25) is 5.02 Å². The zero-order valence-electron chi connectivity index (χ0n) is 11.0. The first-order valence-electron chi connectivity index (χ1n) is 5.80. The van der Waals surface area contributed by atoms with E-state index in [1.165, 1.54) is 6.92 Å². The Balaban J connectivity index is 3.29. The Kier molecular flexibility index (Phi) is 5.46. The average Bonchev–Trinajstić information content (AvgIpc) is 2.38. The number of nitrogens with one attached hydrogen (secondary N) is 1. The molecule has 0 spiro atoms. The number of nitro groups is 1. The molecule has 0 aliphatic heterocycles. The molecule has 0 unspecified atom stereocenters. The van der Waals surface area contributed by atoms with Crippen LogP contribution in [0.5, 0.6) is 0 Å². The molecule has 0 bridgehead atoms. The summed E-state index contributed by atoms with van der Waals surface area (Å²) in [4.78, 5) is 9.89. The number of halogens is 1. The number of rotatable bonds is 6. The molecule has 112 valence electrons. The van der Waals surface area contributed by atoms with Crippen LogP contribution in [0.4, 0.5) is 5.69 Å². The molecule has 2 N–H and O–H groups in total. The molecule has 9 heteroatoms. The van der Waals surface area contributed by atoms with E-state index in [-0.39, 0.29) is 27.8 Å². The number of nitrogens with zero attached hydrogens (tertiary/aromatic N) is 1. The van der Waals surface area contributed by atoms with E-state index in [9.17, 15) is 18.5 Å². The molecule has 0 saturated heterocycles. The van der Waals surface area contributed by atoms with Gasteiger partial charge in [-0.25, -0.2) is 13.1 Å². The van der Waals surface area contributed by atoms with Crippen LogP contribution < -0.4 is 4.72 Å². The van der Waals surface area contributed by atoms with E-state index in [0.717, 1.165) is 12.1 Å². The molecule has 0 saturated carbocycles. The second-order valence-corrected chi connectivity index (χ2v) is 6.34. The van der Waals surface area contributed by atoms with Crippen LogP contribution in [0.25, 0.3) is 0 Å². The van der Waals surface area contributed by atoms with Crippen molar-refractivity contribution in [3.8, 4) is 0 Å². The largest absolute Gasteiger partial charge is 0.395 e. The predicted octanol–water partition coefficient (Wildman–Crippen LogP) is 1.61. The third-order valence-electron chi connectivity index (χ3n) is 2.83. The lowest BCUT2D eigenvalue weighted by atomic mass is 10.2. The van der Waals surface area contributed by atoms with Crippen LogP contribution in [0.3, 0.4) is 0 Å². The standard InChI is InChI=1S/C11H15ClN2O5S/c1-3-8(6-15)13-20(18,19)9-4-10(12)7(2)11(5-9)14(16)17/h4-5,8,13,15H,3,6H2,1-2H3/t8-/m0/s1. The minimum atomic E-state index is -3.98. The van der Waals surface area contributed by atoms with Crippen molar-refractivity contribution >= 4 is 27.3 Å². The molecular weight excluding hydrogens is 308 g/mol. The van der Waals surface area contributed by atoms with Gasteiger partial charge in [0.25, 0.3) is 5.69 Å². The number of aliphatic hydroxyl groups is 1. The van der Waals surface area contributed by atoms with Crippen molar-refractivity contribution in [1.29, 1.82) is 0 Å². The fourth-order valence-corrected chi connectivity index (χ4v) is 3.16. The van der Waals surface area contributed by atoms with Gasteiger partial charge in [-0.1, -0.05) is 18.5 Å². The number of sulfonamides is 1. The Morgan fingerprint density at radius 1 is 1.50 bits per heavy atom. The first-order valence-corrected chi connectivity index (χ1v) is 7.66. The summed E-state index contributed by atoms with van der Waals surface area (Å²) >= 11 is 5.83. The lowest BCUT2D eigenvalue weighted by molar-refractivity contribution is -0.385. The lowest BCUT2D eigenvalue weighted by Crippen LogP contribution is -2.36. The molecule has 1 aromatic rings. The second-order valence-electron chi connectivity index (χ2n) is 4.22. The van der Waals surface area contributed by atoms with Gasteiger partial charge in [0, 0.05) is 17.7 Å². The van der Waals surface area contributed by atoms with Crippen molar-refractivity contribution in [1.82, 2.24) is 4.72 Å². The number of benzene rings is 1. The number of hydrogen-bond acceptors (Lipinski definition) is 5. The van der Waals surface area contributed by atoms with E-state index in [1.54, 1.807) is 6.92 Å². The van der Waals surface area contributed by atoms with Crippen molar-refractivity contribution in [2.75, 3.05) is 6.61 Å². The van der Waals surface area contributed by atoms with E-state index in [2.05, 4.69) is 4.72 Å². The first-order chi connectivity index (χ1) is 9.22. The van der Waals surface area contributed by atoms with Gasteiger partial charge < -0.3 is 5.11 Å². The van der Waals surface area contributed by atoms with Crippen LogP contribution in [0.1, 0.15) is 18.9 Å². The topological polar surface area (TPSA) is 110 Å². The molecular formula is C11H15ClN2O5S. The highest BCUT2D eigenvalue weighted by atomic mass is 35.5. The summed E-state index contributed by atoms with van der Waals surface area (Å²) in [5, 5.41) is 19.9. The fraction of sp³-hybridized carbons (Fsp3) is 0.455. The van der Waals surface area contributed by atoms with E-state index in [1.807, 2.05) is 0 Å². The number of nitro benzene ring substituents is 1. The van der Waals surface area contributed by atoms with Crippen LogP contribution in [0.15, 0.2) is 17.0 Å². The second kappa shape index (κ2) is 6.49. The van der Waals surface area contributed by atoms with Crippen LogP contribution in [-0.2, 0) is 10.0 Å². The summed E-state index contributed by atoms with van der Waals surface area (Å²) in [6.07, 6.45) is 0.386. The Bertz CT molecular complexity index is 613. The molecule has 20 heavy (non-hydrogen) atoms. The maximum absolute atomic E-state index is 12.1. The Morgan fingerprint density at radius 2 is 2.10 bits per heavy atom. The van der Waals surface area contributed by atoms with Gasteiger partial charge in [0.05, 0.1) is 21.4 Å². The third-order valence-corrected chi connectivity index (χ3v) is 4.72. The van der Waals surface area contributed by atoms with Crippen molar-refractivity contribution in [3.05, 3.63) is 32.8 Å². The zero-order valence-corrected chi connectivity index (χ0v) is 12.5. The number of aliphatic hydroxyl groups excluding tert-OH is 1. The summed E-state index contributed by atoms with van der Waals surface area (Å²) in [7, 11) is -3.98.